The van der Waals surface area contributed by atoms with E-state index in [0.717, 1.165) is 0 Å². The summed E-state index contributed by atoms with van der Waals surface area (Å²) in [6.07, 6.45) is 0. The lowest BCUT2D eigenvalue weighted by Crippen LogP contribution is -2.48. The smallest absolute Gasteiger partial charge is 0.191 e. The van der Waals surface area contributed by atoms with Crippen molar-refractivity contribution < 1.29 is 14.9 Å². The minimum absolute atomic E-state index is 1.22. The van der Waals surface area contributed by atoms with E-state index in [1.54, 1.807) is 0 Å². The van der Waals surface area contributed by atoms with E-state index in [9.17, 15) is 10.2 Å². The van der Waals surface area contributed by atoms with Gasteiger partial charge in [0.2, 0.25) is 0 Å². The summed E-state index contributed by atoms with van der Waals surface area (Å²) in [5, 5.41) is 18.4. The monoisotopic (exact) mass is 134 g/mol. The molecule has 0 aliphatic heterocycles. The Morgan fingerprint density at radius 2 is 1.44 bits per heavy atom. The molecule has 2 N–H and O–H groups in total. The summed E-state index contributed by atoms with van der Waals surface area (Å²) < 4.78 is 4.61. The van der Waals surface area contributed by atoms with Gasteiger partial charge in [0, 0.05) is 7.11 Å². The number of ether oxygens (including phenoxy) is 1. The van der Waals surface area contributed by atoms with Crippen LogP contribution in [-0.4, -0.2) is 28.7 Å². The normalized spacial score (nSPS) is 19.3. The first kappa shape index (κ1) is 8.88. The third-order valence-electron chi connectivity index (χ3n) is 1.53. The first-order valence-electron chi connectivity index (χ1n) is 2.81. The van der Waals surface area contributed by atoms with E-state index >= 15 is 0 Å². The molecular formula is C6H14O3. The van der Waals surface area contributed by atoms with E-state index in [-0.39, 0.29) is 0 Å². The van der Waals surface area contributed by atoms with Gasteiger partial charge in [0.1, 0.15) is 5.60 Å². The Morgan fingerprint density at radius 3 is 1.44 bits per heavy atom. The summed E-state index contributed by atoms with van der Waals surface area (Å²) in [4.78, 5) is 0. The average Bonchev–Trinajstić information content (AvgIpc) is 1.64. The Labute approximate surface area is 55.3 Å². The number of hydrogen-bond donors (Lipinski definition) is 2. The summed E-state index contributed by atoms with van der Waals surface area (Å²) in [7, 11) is 1.35. The van der Waals surface area contributed by atoms with Gasteiger partial charge in [0.25, 0.3) is 0 Å². The number of rotatable bonds is 2. The first-order valence-corrected chi connectivity index (χ1v) is 2.81. The van der Waals surface area contributed by atoms with Crippen LogP contribution < -0.4 is 0 Å². The van der Waals surface area contributed by atoms with Crippen LogP contribution in [0.2, 0.25) is 0 Å². The Balaban J connectivity index is 4.14. The molecule has 1 unspecified atom stereocenters. The van der Waals surface area contributed by atoms with E-state index < -0.39 is 11.4 Å². The summed E-state index contributed by atoms with van der Waals surface area (Å²) in [5.41, 5.74) is -1.22. The molecule has 0 saturated heterocycles. The number of aliphatic hydroxyl groups is 2. The lowest BCUT2D eigenvalue weighted by atomic mass is 10.00. The zero-order chi connectivity index (χ0) is 7.71. The van der Waals surface area contributed by atoms with Gasteiger partial charge in [0.15, 0.2) is 5.79 Å². The predicted molar refractivity (Wildman–Crippen MR) is 33.9 cm³/mol. The van der Waals surface area contributed by atoms with E-state index in [0.29, 0.717) is 0 Å². The summed E-state index contributed by atoms with van der Waals surface area (Å²) in [5.74, 6) is -1.47. The van der Waals surface area contributed by atoms with Crippen molar-refractivity contribution in [2.24, 2.45) is 0 Å². The molecule has 0 aliphatic rings. The highest BCUT2D eigenvalue weighted by molar-refractivity contribution is 4.80. The van der Waals surface area contributed by atoms with Crippen LogP contribution in [0.3, 0.4) is 0 Å². The average molecular weight is 134 g/mol. The van der Waals surface area contributed by atoms with Crippen LogP contribution in [0.25, 0.3) is 0 Å². The number of hydrogen-bond acceptors (Lipinski definition) is 3. The molecule has 0 aromatic carbocycles. The van der Waals surface area contributed by atoms with Gasteiger partial charge in [-0.05, 0) is 20.8 Å². The Bertz CT molecular complexity index is 91.0. The Hall–Kier alpha value is -0.120. The standard InChI is InChI=1S/C6H14O3/c1-5(2,7)6(3,8)9-4/h7-8H,1-4H3. The molecule has 0 aromatic rings. The van der Waals surface area contributed by atoms with Gasteiger partial charge in [-0.1, -0.05) is 0 Å². The van der Waals surface area contributed by atoms with Crippen molar-refractivity contribution in [2.75, 3.05) is 7.11 Å². The predicted octanol–water partition coefficient (Wildman–Crippen LogP) is 0.112. The highest BCUT2D eigenvalue weighted by Gasteiger charge is 2.37. The molecular weight excluding hydrogens is 120 g/mol. The molecule has 3 nitrogen and oxygen atoms in total. The van der Waals surface area contributed by atoms with Crippen molar-refractivity contribution in [3.05, 3.63) is 0 Å². The lowest BCUT2D eigenvalue weighted by Gasteiger charge is -2.33. The largest absolute Gasteiger partial charge is 0.385 e. The zero-order valence-corrected chi connectivity index (χ0v) is 6.30. The van der Waals surface area contributed by atoms with Crippen LogP contribution in [-0.2, 0) is 4.74 Å². The molecule has 1 atom stereocenters. The van der Waals surface area contributed by atoms with Crippen molar-refractivity contribution in [3.63, 3.8) is 0 Å². The minimum Gasteiger partial charge on any atom is -0.385 e. The third kappa shape index (κ3) is 1.93. The van der Waals surface area contributed by atoms with Crippen LogP contribution in [0.15, 0.2) is 0 Å². The maximum atomic E-state index is 9.19. The first-order chi connectivity index (χ1) is 3.81. The van der Waals surface area contributed by atoms with Crippen molar-refractivity contribution in [1.82, 2.24) is 0 Å². The lowest BCUT2D eigenvalue weighted by molar-refractivity contribution is -0.265. The molecule has 0 bridgehead atoms. The van der Waals surface area contributed by atoms with E-state index in [2.05, 4.69) is 4.74 Å². The second-order valence-corrected chi connectivity index (χ2v) is 2.75. The van der Waals surface area contributed by atoms with Gasteiger partial charge >= 0.3 is 0 Å². The second-order valence-electron chi connectivity index (χ2n) is 2.75. The van der Waals surface area contributed by atoms with Crippen molar-refractivity contribution in [3.8, 4) is 0 Å². The fourth-order valence-corrected chi connectivity index (χ4v) is 0.250. The molecule has 0 aromatic heterocycles. The molecule has 0 heterocycles. The molecule has 0 amide bonds. The van der Waals surface area contributed by atoms with Crippen LogP contribution >= 0.6 is 0 Å². The quantitative estimate of drug-likeness (QED) is 0.527. The maximum absolute atomic E-state index is 9.19. The highest BCUT2D eigenvalue weighted by Crippen LogP contribution is 2.20. The summed E-state index contributed by atoms with van der Waals surface area (Å²) in [6.45, 7) is 4.38. The molecule has 56 valence electrons. The van der Waals surface area contributed by atoms with Gasteiger partial charge in [-0.3, -0.25) is 0 Å². The molecule has 3 heteroatoms. The summed E-state index contributed by atoms with van der Waals surface area (Å²) in [6, 6.07) is 0. The van der Waals surface area contributed by atoms with Gasteiger partial charge in [0.05, 0.1) is 0 Å². The van der Waals surface area contributed by atoms with Crippen LogP contribution in [0.4, 0.5) is 0 Å². The fourth-order valence-electron chi connectivity index (χ4n) is 0.250. The molecule has 9 heavy (non-hydrogen) atoms. The minimum atomic E-state index is -1.47. The Kier molecular flexibility index (Phi) is 2.22. The van der Waals surface area contributed by atoms with Crippen LogP contribution in [0.5, 0.6) is 0 Å². The van der Waals surface area contributed by atoms with Crippen molar-refractivity contribution in [2.45, 2.75) is 32.2 Å². The topological polar surface area (TPSA) is 49.7 Å². The van der Waals surface area contributed by atoms with Gasteiger partial charge in [-0.15, -0.1) is 0 Å². The SMILES string of the molecule is COC(C)(O)C(C)(C)O. The van der Waals surface area contributed by atoms with Crippen molar-refractivity contribution >= 4 is 0 Å². The molecule has 0 aliphatic carbocycles. The van der Waals surface area contributed by atoms with Crippen LogP contribution in [0, 0.1) is 0 Å². The third-order valence-corrected chi connectivity index (χ3v) is 1.53. The maximum Gasteiger partial charge on any atom is 0.191 e. The molecule has 0 spiro atoms. The van der Waals surface area contributed by atoms with Gasteiger partial charge in [-0.2, -0.15) is 0 Å². The Morgan fingerprint density at radius 1 is 1.11 bits per heavy atom. The highest BCUT2D eigenvalue weighted by atomic mass is 16.6. The molecule has 0 rings (SSSR count). The molecule has 0 fully saturated rings. The molecule has 0 saturated carbocycles. The van der Waals surface area contributed by atoms with E-state index in [1.165, 1.54) is 27.9 Å². The van der Waals surface area contributed by atoms with Gasteiger partial charge < -0.3 is 14.9 Å². The molecule has 0 radical (unpaired) electrons. The van der Waals surface area contributed by atoms with E-state index in [1.807, 2.05) is 0 Å². The summed E-state index contributed by atoms with van der Waals surface area (Å²) >= 11 is 0. The van der Waals surface area contributed by atoms with Gasteiger partial charge in [-0.25, -0.2) is 0 Å². The second kappa shape index (κ2) is 2.25. The van der Waals surface area contributed by atoms with Crippen molar-refractivity contribution in [1.29, 1.82) is 0 Å². The fraction of sp³-hybridized carbons (Fsp3) is 1.00. The number of methoxy groups -OCH3 is 1. The van der Waals surface area contributed by atoms with Crippen LogP contribution in [0.1, 0.15) is 20.8 Å². The van der Waals surface area contributed by atoms with E-state index in [4.69, 9.17) is 0 Å². The zero-order valence-electron chi connectivity index (χ0n) is 6.30.